The molecule has 1 heterocycles. The van der Waals surface area contributed by atoms with Crippen LogP contribution < -0.4 is 5.32 Å². The minimum atomic E-state index is -0.479. The molecule has 3 rings (SSSR count). The number of non-ortho nitro benzene ring substituents is 1. The van der Waals surface area contributed by atoms with Crippen LogP contribution in [0.2, 0.25) is 0 Å². The number of nitro benzene ring substituents is 1. The fourth-order valence-corrected chi connectivity index (χ4v) is 5.27. The highest BCUT2D eigenvalue weighted by atomic mass is 79.9. The first-order valence-electron chi connectivity index (χ1n) is 10.2. The van der Waals surface area contributed by atoms with Gasteiger partial charge in [0.25, 0.3) is 11.6 Å². The van der Waals surface area contributed by atoms with Crippen LogP contribution >= 0.6 is 27.3 Å². The minimum Gasteiger partial charge on any atom is -0.339 e. The number of nitrogens with zero attached hydrogens (tertiary/aromatic N) is 3. The highest BCUT2D eigenvalue weighted by Crippen LogP contribution is 2.37. The first-order valence-corrected chi connectivity index (χ1v) is 11.8. The molecule has 1 aromatic heterocycles. The average molecular weight is 505 g/mol. The van der Waals surface area contributed by atoms with Crippen molar-refractivity contribution in [3.05, 3.63) is 55.5 Å². The summed E-state index contributed by atoms with van der Waals surface area (Å²) in [6.45, 7) is 9.26. The second-order valence-corrected chi connectivity index (χ2v) is 9.33. The highest BCUT2D eigenvalue weighted by Gasteiger charge is 2.24. The third-order valence-corrected chi connectivity index (χ3v) is 6.50. The van der Waals surface area contributed by atoms with E-state index in [-0.39, 0.29) is 11.6 Å². The number of benzene rings is 2. The van der Waals surface area contributed by atoms with Crippen molar-refractivity contribution in [1.82, 2.24) is 9.88 Å². The predicted molar refractivity (Wildman–Crippen MR) is 130 cm³/mol. The van der Waals surface area contributed by atoms with Gasteiger partial charge in [-0.3, -0.25) is 14.9 Å². The molecule has 3 aromatic rings. The molecular formula is C22H25BrN4O3S. The maximum Gasteiger partial charge on any atom is 0.272 e. The molecule has 2 aromatic carbocycles. The van der Waals surface area contributed by atoms with Crippen LogP contribution in [0.25, 0.3) is 10.2 Å². The number of aryl methyl sites for hydroxylation is 2. The lowest BCUT2D eigenvalue weighted by Crippen LogP contribution is -2.32. The van der Waals surface area contributed by atoms with Gasteiger partial charge in [0.1, 0.15) is 0 Å². The van der Waals surface area contributed by atoms with Crippen molar-refractivity contribution in [2.45, 2.75) is 40.5 Å². The van der Waals surface area contributed by atoms with Gasteiger partial charge in [-0.05, 0) is 59.8 Å². The van der Waals surface area contributed by atoms with E-state index in [1.165, 1.54) is 23.5 Å². The molecule has 0 unspecified atom stereocenters. The Kier molecular flexibility index (Phi) is 7.27. The van der Waals surface area contributed by atoms with Crippen molar-refractivity contribution >= 4 is 59.9 Å². The second kappa shape index (κ2) is 9.74. The Hall–Kier alpha value is -2.52. The fourth-order valence-electron chi connectivity index (χ4n) is 3.54. The number of nitro groups is 1. The number of carbonyl (C=O) groups is 1. The standard InChI is InChI=1S/C22H25BrN4O3S/c1-5-7-26(8-6-2)21(28)16-11-15(27(29)30)12-18-20(16)31-22(24-18)25-19-14(4)9-13(3)10-17(19)23/h9-12H,5-8H2,1-4H3,(H,24,25). The smallest absolute Gasteiger partial charge is 0.272 e. The molecule has 0 saturated heterocycles. The summed E-state index contributed by atoms with van der Waals surface area (Å²) in [6.07, 6.45) is 1.64. The maximum atomic E-state index is 13.3. The third-order valence-electron chi connectivity index (χ3n) is 4.85. The molecule has 164 valence electrons. The lowest BCUT2D eigenvalue weighted by atomic mass is 10.1. The molecule has 0 saturated carbocycles. The maximum absolute atomic E-state index is 13.3. The Labute approximate surface area is 193 Å². The second-order valence-electron chi connectivity index (χ2n) is 7.47. The first-order chi connectivity index (χ1) is 14.7. The van der Waals surface area contributed by atoms with Gasteiger partial charge in [0.05, 0.1) is 26.4 Å². The van der Waals surface area contributed by atoms with E-state index in [0.29, 0.717) is 34.0 Å². The van der Waals surface area contributed by atoms with E-state index in [1.807, 2.05) is 33.8 Å². The Morgan fingerprint density at radius 1 is 1.19 bits per heavy atom. The van der Waals surface area contributed by atoms with Gasteiger partial charge < -0.3 is 10.2 Å². The third kappa shape index (κ3) is 5.04. The van der Waals surface area contributed by atoms with E-state index in [0.717, 1.165) is 34.1 Å². The van der Waals surface area contributed by atoms with E-state index in [2.05, 4.69) is 32.3 Å². The van der Waals surface area contributed by atoms with E-state index >= 15 is 0 Å². The lowest BCUT2D eigenvalue weighted by Gasteiger charge is -2.21. The molecule has 31 heavy (non-hydrogen) atoms. The summed E-state index contributed by atoms with van der Waals surface area (Å²) in [7, 11) is 0. The van der Waals surface area contributed by atoms with Crippen molar-refractivity contribution in [2.75, 3.05) is 18.4 Å². The molecular weight excluding hydrogens is 480 g/mol. The van der Waals surface area contributed by atoms with Crippen LogP contribution in [0.1, 0.15) is 48.2 Å². The Bertz CT molecular complexity index is 1120. The van der Waals surface area contributed by atoms with Crippen LogP contribution in [0.4, 0.5) is 16.5 Å². The topological polar surface area (TPSA) is 88.4 Å². The lowest BCUT2D eigenvalue weighted by molar-refractivity contribution is -0.384. The Morgan fingerprint density at radius 2 is 1.87 bits per heavy atom. The summed E-state index contributed by atoms with van der Waals surface area (Å²) in [5.41, 5.74) is 3.70. The van der Waals surface area contributed by atoms with E-state index in [4.69, 9.17) is 0 Å². The van der Waals surface area contributed by atoms with Crippen molar-refractivity contribution in [1.29, 1.82) is 0 Å². The number of amides is 1. The van der Waals surface area contributed by atoms with Crippen LogP contribution in [0, 0.1) is 24.0 Å². The van der Waals surface area contributed by atoms with Crippen LogP contribution in [0.5, 0.6) is 0 Å². The van der Waals surface area contributed by atoms with Gasteiger partial charge in [-0.25, -0.2) is 4.98 Å². The SMILES string of the molecule is CCCN(CCC)C(=O)c1cc([N+](=O)[O-])cc2nc(Nc3c(C)cc(C)cc3Br)sc12. The molecule has 0 radical (unpaired) electrons. The number of aromatic nitrogens is 1. The highest BCUT2D eigenvalue weighted by molar-refractivity contribution is 9.10. The predicted octanol–water partition coefficient (Wildman–Crippen LogP) is 6.59. The number of halogens is 1. The van der Waals surface area contributed by atoms with Gasteiger partial charge in [0.2, 0.25) is 0 Å². The monoisotopic (exact) mass is 504 g/mol. The summed E-state index contributed by atoms with van der Waals surface area (Å²) in [6, 6.07) is 6.87. The van der Waals surface area contributed by atoms with Crippen LogP contribution in [-0.4, -0.2) is 33.8 Å². The van der Waals surface area contributed by atoms with Crippen LogP contribution in [-0.2, 0) is 0 Å². The quantitative estimate of drug-likeness (QED) is 0.276. The number of anilines is 2. The molecule has 0 spiro atoms. The van der Waals surface area contributed by atoms with Crippen LogP contribution in [0.3, 0.4) is 0 Å². The molecule has 0 aliphatic carbocycles. The number of nitrogens with one attached hydrogen (secondary N) is 1. The zero-order valence-corrected chi connectivity index (χ0v) is 20.4. The molecule has 1 amide bonds. The summed E-state index contributed by atoms with van der Waals surface area (Å²) in [5.74, 6) is -0.194. The Balaban J connectivity index is 2.10. The minimum absolute atomic E-state index is 0.131. The van der Waals surface area contributed by atoms with E-state index < -0.39 is 4.92 Å². The summed E-state index contributed by atoms with van der Waals surface area (Å²) < 4.78 is 1.56. The molecule has 0 aliphatic rings. The van der Waals surface area contributed by atoms with Gasteiger partial charge in [-0.2, -0.15) is 0 Å². The Morgan fingerprint density at radius 3 is 2.45 bits per heavy atom. The van der Waals surface area contributed by atoms with Gasteiger partial charge in [-0.15, -0.1) is 0 Å². The van der Waals surface area contributed by atoms with E-state index in [1.54, 1.807) is 4.90 Å². The van der Waals surface area contributed by atoms with Crippen molar-refractivity contribution < 1.29 is 9.72 Å². The molecule has 0 fully saturated rings. The first kappa shape index (κ1) is 23.1. The van der Waals surface area contributed by atoms with Gasteiger partial charge >= 0.3 is 0 Å². The molecule has 1 N–H and O–H groups in total. The van der Waals surface area contributed by atoms with Gasteiger partial charge in [-0.1, -0.05) is 31.3 Å². The molecule has 7 nitrogen and oxygen atoms in total. The average Bonchev–Trinajstić information content (AvgIpc) is 3.11. The summed E-state index contributed by atoms with van der Waals surface area (Å²) in [4.78, 5) is 30.6. The van der Waals surface area contributed by atoms with Gasteiger partial charge in [0, 0.05) is 29.7 Å². The number of fused-ring (bicyclic) bond motifs is 1. The normalized spacial score (nSPS) is 11.0. The van der Waals surface area contributed by atoms with Crippen molar-refractivity contribution in [3.63, 3.8) is 0 Å². The molecule has 0 aliphatic heterocycles. The fraction of sp³-hybridized carbons (Fsp3) is 0.364. The zero-order chi connectivity index (χ0) is 22.7. The number of hydrogen-bond acceptors (Lipinski definition) is 6. The number of rotatable bonds is 8. The number of hydrogen-bond donors (Lipinski definition) is 1. The number of thiazole rings is 1. The summed E-state index contributed by atoms with van der Waals surface area (Å²) in [5, 5.41) is 15.4. The largest absolute Gasteiger partial charge is 0.339 e. The van der Waals surface area contributed by atoms with Crippen molar-refractivity contribution in [3.8, 4) is 0 Å². The van der Waals surface area contributed by atoms with E-state index in [9.17, 15) is 14.9 Å². The van der Waals surface area contributed by atoms with Gasteiger partial charge in [0.15, 0.2) is 5.13 Å². The molecule has 9 heteroatoms. The number of carbonyl (C=O) groups excluding carboxylic acids is 1. The summed E-state index contributed by atoms with van der Waals surface area (Å²) >= 11 is 4.91. The van der Waals surface area contributed by atoms with Crippen LogP contribution in [0.15, 0.2) is 28.7 Å². The van der Waals surface area contributed by atoms with Crippen molar-refractivity contribution in [2.24, 2.45) is 0 Å². The molecule has 0 bridgehead atoms. The zero-order valence-electron chi connectivity index (χ0n) is 18.0. The molecule has 0 atom stereocenters.